The predicted octanol–water partition coefficient (Wildman–Crippen LogP) is 1.84. The zero-order chi connectivity index (χ0) is 13.2. The van der Waals surface area contributed by atoms with Crippen molar-refractivity contribution in [2.75, 3.05) is 26.2 Å². The molecule has 3 rings (SSSR count). The van der Waals surface area contributed by atoms with E-state index in [1.54, 1.807) is 6.07 Å². The molecule has 1 aliphatic carbocycles. The molecule has 1 heterocycles. The van der Waals surface area contributed by atoms with E-state index < -0.39 is 0 Å². The molecule has 2 fully saturated rings. The van der Waals surface area contributed by atoms with E-state index in [1.807, 2.05) is 12.1 Å². The molecule has 1 saturated heterocycles. The summed E-state index contributed by atoms with van der Waals surface area (Å²) >= 11 is 0. The van der Waals surface area contributed by atoms with Crippen molar-refractivity contribution in [3.63, 3.8) is 0 Å². The van der Waals surface area contributed by atoms with Crippen molar-refractivity contribution in [3.05, 3.63) is 23.8 Å². The second-order valence-electron chi connectivity index (χ2n) is 5.70. The fourth-order valence-corrected chi connectivity index (χ4v) is 2.95. The largest absolute Gasteiger partial charge is 0.504 e. The Morgan fingerprint density at radius 3 is 2.63 bits per heavy atom. The van der Waals surface area contributed by atoms with Gasteiger partial charge in [0.2, 0.25) is 0 Å². The van der Waals surface area contributed by atoms with Crippen LogP contribution in [0.3, 0.4) is 0 Å². The Bertz CT molecular complexity index is 440. The second kappa shape index (κ2) is 5.39. The lowest BCUT2D eigenvalue weighted by Crippen LogP contribution is -2.45. The molecule has 1 aromatic carbocycles. The molecule has 0 aromatic heterocycles. The van der Waals surface area contributed by atoms with Crippen LogP contribution in [0.1, 0.15) is 30.9 Å². The number of para-hydroxylation sites is 1. The Morgan fingerprint density at radius 1 is 1.21 bits per heavy atom. The molecule has 0 bridgehead atoms. The number of piperazine rings is 1. The van der Waals surface area contributed by atoms with Crippen molar-refractivity contribution in [2.45, 2.75) is 25.3 Å². The summed E-state index contributed by atoms with van der Waals surface area (Å²) < 4.78 is 0. The molecule has 19 heavy (non-hydrogen) atoms. The number of nitrogens with zero attached hydrogens (tertiary/aromatic N) is 1. The van der Waals surface area contributed by atoms with Crippen LogP contribution in [0.4, 0.5) is 0 Å². The number of benzene rings is 1. The lowest BCUT2D eigenvalue weighted by atomic mass is 9.97. The molecule has 0 spiro atoms. The standard InChI is InChI=1S/C15H22N2O2/c18-14-3-1-2-12(15(14)19)13(10-11-4-5-11)17-8-6-16-7-9-17/h1-3,11,13,16,18-19H,4-10H2/t13-/m0/s1. The Labute approximate surface area is 114 Å². The monoisotopic (exact) mass is 262 g/mol. The normalized spacial score (nSPS) is 22.3. The minimum absolute atomic E-state index is 0.00608. The van der Waals surface area contributed by atoms with Crippen molar-refractivity contribution < 1.29 is 10.2 Å². The number of hydrogen-bond acceptors (Lipinski definition) is 4. The van der Waals surface area contributed by atoms with E-state index in [0.29, 0.717) is 0 Å². The number of aromatic hydroxyl groups is 2. The molecule has 2 aliphatic rings. The lowest BCUT2D eigenvalue weighted by molar-refractivity contribution is 0.157. The van der Waals surface area contributed by atoms with E-state index in [4.69, 9.17) is 0 Å². The van der Waals surface area contributed by atoms with Crippen molar-refractivity contribution in [2.24, 2.45) is 5.92 Å². The predicted molar refractivity (Wildman–Crippen MR) is 74.3 cm³/mol. The van der Waals surface area contributed by atoms with Gasteiger partial charge in [-0.15, -0.1) is 0 Å². The third-order valence-corrected chi connectivity index (χ3v) is 4.25. The van der Waals surface area contributed by atoms with Crippen molar-refractivity contribution in [1.82, 2.24) is 10.2 Å². The zero-order valence-electron chi connectivity index (χ0n) is 11.2. The molecule has 1 aromatic rings. The summed E-state index contributed by atoms with van der Waals surface area (Å²) in [6, 6.07) is 5.56. The first-order valence-corrected chi connectivity index (χ1v) is 7.21. The molecule has 104 valence electrons. The number of nitrogens with one attached hydrogen (secondary N) is 1. The van der Waals surface area contributed by atoms with Gasteiger partial charge in [-0.05, 0) is 18.4 Å². The molecule has 1 atom stereocenters. The molecule has 1 aliphatic heterocycles. The lowest BCUT2D eigenvalue weighted by Gasteiger charge is -2.35. The molecule has 1 saturated carbocycles. The van der Waals surface area contributed by atoms with Crippen LogP contribution in [-0.4, -0.2) is 41.3 Å². The Morgan fingerprint density at radius 2 is 1.95 bits per heavy atom. The summed E-state index contributed by atoms with van der Waals surface area (Å²) in [6.07, 6.45) is 3.71. The van der Waals surface area contributed by atoms with Gasteiger partial charge in [0.15, 0.2) is 11.5 Å². The first-order chi connectivity index (χ1) is 9.25. The summed E-state index contributed by atoms with van der Waals surface area (Å²) in [4.78, 5) is 2.43. The van der Waals surface area contributed by atoms with E-state index in [0.717, 1.165) is 44.1 Å². The van der Waals surface area contributed by atoms with E-state index in [-0.39, 0.29) is 17.5 Å². The van der Waals surface area contributed by atoms with Crippen LogP contribution in [0.5, 0.6) is 11.5 Å². The molecule has 4 heteroatoms. The smallest absolute Gasteiger partial charge is 0.162 e. The topological polar surface area (TPSA) is 55.7 Å². The second-order valence-corrected chi connectivity index (χ2v) is 5.70. The summed E-state index contributed by atoms with van der Waals surface area (Å²) in [7, 11) is 0. The quantitative estimate of drug-likeness (QED) is 0.725. The molecule has 0 amide bonds. The van der Waals surface area contributed by atoms with E-state index in [1.165, 1.54) is 12.8 Å². The minimum atomic E-state index is -0.00608. The fourth-order valence-electron chi connectivity index (χ4n) is 2.95. The highest BCUT2D eigenvalue weighted by atomic mass is 16.3. The summed E-state index contributed by atoms with van der Waals surface area (Å²) in [5.41, 5.74) is 0.883. The van der Waals surface area contributed by atoms with Gasteiger partial charge in [0.1, 0.15) is 0 Å². The third-order valence-electron chi connectivity index (χ3n) is 4.25. The molecule has 3 N–H and O–H groups in total. The Balaban J connectivity index is 1.86. The van der Waals surface area contributed by atoms with Crippen molar-refractivity contribution in [1.29, 1.82) is 0 Å². The summed E-state index contributed by atoms with van der Waals surface area (Å²) in [5.74, 6) is 0.849. The van der Waals surface area contributed by atoms with Gasteiger partial charge >= 0.3 is 0 Å². The van der Waals surface area contributed by atoms with Gasteiger partial charge in [-0.1, -0.05) is 25.0 Å². The fraction of sp³-hybridized carbons (Fsp3) is 0.600. The third kappa shape index (κ3) is 2.85. The van der Waals surface area contributed by atoms with Crippen molar-refractivity contribution in [3.8, 4) is 11.5 Å². The van der Waals surface area contributed by atoms with Crippen LogP contribution >= 0.6 is 0 Å². The number of phenolic OH excluding ortho intramolecular Hbond substituents is 2. The first-order valence-electron chi connectivity index (χ1n) is 7.21. The maximum absolute atomic E-state index is 10.1. The Hall–Kier alpha value is -1.26. The zero-order valence-corrected chi connectivity index (χ0v) is 11.2. The van der Waals surface area contributed by atoms with Crippen LogP contribution in [-0.2, 0) is 0 Å². The number of phenols is 2. The van der Waals surface area contributed by atoms with E-state index >= 15 is 0 Å². The van der Waals surface area contributed by atoms with Crippen LogP contribution < -0.4 is 5.32 Å². The van der Waals surface area contributed by atoms with Gasteiger partial charge in [-0.3, -0.25) is 4.90 Å². The first kappa shape index (κ1) is 12.8. The maximum Gasteiger partial charge on any atom is 0.162 e. The van der Waals surface area contributed by atoms with Crippen molar-refractivity contribution >= 4 is 0 Å². The van der Waals surface area contributed by atoms with E-state index in [9.17, 15) is 10.2 Å². The van der Waals surface area contributed by atoms with Gasteiger partial charge in [0.05, 0.1) is 0 Å². The van der Waals surface area contributed by atoms with E-state index in [2.05, 4.69) is 10.2 Å². The molecule has 0 radical (unpaired) electrons. The minimum Gasteiger partial charge on any atom is -0.504 e. The molecular formula is C15H22N2O2. The molecular weight excluding hydrogens is 240 g/mol. The van der Waals surface area contributed by atoms with Crippen LogP contribution in [0, 0.1) is 5.92 Å². The average Bonchev–Trinajstić information content (AvgIpc) is 3.25. The number of rotatable bonds is 4. The Kier molecular flexibility index (Phi) is 3.62. The molecule has 4 nitrogen and oxygen atoms in total. The SMILES string of the molecule is Oc1cccc([C@H](CC2CC2)N2CCNCC2)c1O. The van der Waals surface area contributed by atoms with Gasteiger partial charge < -0.3 is 15.5 Å². The molecule has 0 unspecified atom stereocenters. The summed E-state index contributed by atoms with van der Waals surface area (Å²) in [5, 5.41) is 23.2. The van der Waals surface area contributed by atoms with Gasteiger partial charge in [-0.25, -0.2) is 0 Å². The average molecular weight is 262 g/mol. The van der Waals surface area contributed by atoms with Crippen LogP contribution in [0.25, 0.3) is 0 Å². The summed E-state index contributed by atoms with van der Waals surface area (Å²) in [6.45, 7) is 4.01. The van der Waals surface area contributed by atoms with Crippen LogP contribution in [0.2, 0.25) is 0 Å². The van der Waals surface area contributed by atoms with Gasteiger partial charge in [0.25, 0.3) is 0 Å². The van der Waals surface area contributed by atoms with Gasteiger partial charge in [-0.2, -0.15) is 0 Å². The maximum atomic E-state index is 10.1. The highest BCUT2D eigenvalue weighted by molar-refractivity contribution is 5.46. The van der Waals surface area contributed by atoms with Gasteiger partial charge in [0, 0.05) is 37.8 Å². The highest BCUT2D eigenvalue weighted by Gasteiger charge is 2.32. The van der Waals surface area contributed by atoms with Crippen LogP contribution in [0.15, 0.2) is 18.2 Å². The highest BCUT2D eigenvalue weighted by Crippen LogP contribution is 2.43. The number of hydrogen-bond donors (Lipinski definition) is 3.